The summed E-state index contributed by atoms with van der Waals surface area (Å²) < 4.78 is 0. The van der Waals surface area contributed by atoms with E-state index in [-0.39, 0.29) is 0 Å². The molecule has 1 fully saturated rings. The number of aromatic nitrogens is 1. The molecule has 0 amide bonds. The van der Waals surface area contributed by atoms with E-state index < -0.39 is 0 Å². The monoisotopic (exact) mass is 213 g/mol. The van der Waals surface area contributed by atoms with E-state index in [1.54, 1.807) is 0 Å². The van der Waals surface area contributed by atoms with Crippen LogP contribution in [0.4, 0.5) is 5.69 Å². The Kier molecular flexibility index (Phi) is 2.46. The molecule has 1 aromatic carbocycles. The molecule has 3 heteroatoms. The molecule has 0 aliphatic carbocycles. The van der Waals surface area contributed by atoms with Crippen molar-refractivity contribution in [3.8, 4) is 0 Å². The molecule has 0 unspecified atom stereocenters. The topological polar surface area (TPSA) is 37.0 Å². The SMILES string of the molecule is c1cnc2ccc(N[C@H]3CCNC3)cc2c1. The third kappa shape index (κ3) is 1.86. The lowest BCUT2D eigenvalue weighted by atomic mass is 10.2. The Labute approximate surface area is 94.9 Å². The van der Waals surface area contributed by atoms with Crippen molar-refractivity contribution in [1.29, 1.82) is 0 Å². The molecule has 0 saturated carbocycles. The van der Waals surface area contributed by atoms with Gasteiger partial charge in [-0.3, -0.25) is 4.98 Å². The second-order valence-electron chi connectivity index (χ2n) is 4.24. The molecule has 2 heterocycles. The lowest BCUT2D eigenvalue weighted by molar-refractivity contribution is 0.793. The van der Waals surface area contributed by atoms with Gasteiger partial charge in [0, 0.05) is 29.9 Å². The van der Waals surface area contributed by atoms with E-state index in [0.717, 1.165) is 18.6 Å². The van der Waals surface area contributed by atoms with Crippen molar-refractivity contribution >= 4 is 16.6 Å². The maximum absolute atomic E-state index is 4.31. The van der Waals surface area contributed by atoms with Crippen molar-refractivity contribution in [2.24, 2.45) is 0 Å². The summed E-state index contributed by atoms with van der Waals surface area (Å²) in [6.07, 6.45) is 3.03. The van der Waals surface area contributed by atoms with E-state index in [1.807, 2.05) is 12.3 Å². The van der Waals surface area contributed by atoms with Crippen LogP contribution in [0.5, 0.6) is 0 Å². The molecular weight excluding hydrogens is 198 g/mol. The van der Waals surface area contributed by atoms with E-state index in [2.05, 4.69) is 39.9 Å². The van der Waals surface area contributed by atoms with Crippen LogP contribution < -0.4 is 10.6 Å². The standard InChI is InChI=1S/C13H15N3/c1-2-10-8-11(3-4-13(10)15-6-1)16-12-5-7-14-9-12/h1-4,6,8,12,14,16H,5,7,9H2/t12-/m0/s1. The first-order valence-electron chi connectivity index (χ1n) is 5.74. The third-order valence-electron chi connectivity index (χ3n) is 3.03. The smallest absolute Gasteiger partial charge is 0.0703 e. The van der Waals surface area contributed by atoms with Crippen LogP contribution in [0.25, 0.3) is 10.9 Å². The van der Waals surface area contributed by atoms with Crippen molar-refractivity contribution in [2.45, 2.75) is 12.5 Å². The molecule has 1 saturated heterocycles. The van der Waals surface area contributed by atoms with Crippen molar-refractivity contribution in [2.75, 3.05) is 18.4 Å². The number of nitrogens with zero attached hydrogens (tertiary/aromatic N) is 1. The zero-order valence-electron chi connectivity index (χ0n) is 9.11. The summed E-state index contributed by atoms with van der Waals surface area (Å²) in [6, 6.07) is 11.0. The lowest BCUT2D eigenvalue weighted by Crippen LogP contribution is -2.21. The first-order valence-corrected chi connectivity index (χ1v) is 5.74. The highest BCUT2D eigenvalue weighted by Gasteiger charge is 2.13. The number of rotatable bonds is 2. The first kappa shape index (κ1) is 9.60. The fourth-order valence-corrected chi connectivity index (χ4v) is 2.18. The van der Waals surface area contributed by atoms with Gasteiger partial charge in [0.2, 0.25) is 0 Å². The van der Waals surface area contributed by atoms with Gasteiger partial charge in [-0.05, 0) is 37.2 Å². The summed E-state index contributed by atoms with van der Waals surface area (Å²) in [5.74, 6) is 0. The quantitative estimate of drug-likeness (QED) is 0.801. The largest absolute Gasteiger partial charge is 0.381 e. The molecule has 3 rings (SSSR count). The third-order valence-corrected chi connectivity index (χ3v) is 3.03. The minimum absolute atomic E-state index is 0.564. The van der Waals surface area contributed by atoms with E-state index in [9.17, 15) is 0 Å². The van der Waals surface area contributed by atoms with Gasteiger partial charge in [-0.25, -0.2) is 0 Å². The number of hydrogen-bond acceptors (Lipinski definition) is 3. The summed E-state index contributed by atoms with van der Waals surface area (Å²) in [5, 5.41) is 8.09. The molecule has 1 aliphatic heterocycles. The second-order valence-corrected chi connectivity index (χ2v) is 4.24. The Morgan fingerprint density at radius 3 is 3.19 bits per heavy atom. The summed E-state index contributed by atoms with van der Waals surface area (Å²) in [6.45, 7) is 2.18. The first-order chi connectivity index (χ1) is 7.92. The molecule has 1 aromatic heterocycles. The Morgan fingerprint density at radius 1 is 1.31 bits per heavy atom. The number of pyridine rings is 1. The molecule has 2 aromatic rings. The molecule has 2 N–H and O–H groups in total. The number of benzene rings is 1. The van der Waals surface area contributed by atoms with Crippen LogP contribution in [-0.2, 0) is 0 Å². The minimum atomic E-state index is 0.564. The van der Waals surface area contributed by atoms with E-state index in [4.69, 9.17) is 0 Å². The van der Waals surface area contributed by atoms with Gasteiger partial charge in [0.1, 0.15) is 0 Å². The predicted molar refractivity (Wildman–Crippen MR) is 66.6 cm³/mol. The maximum atomic E-state index is 4.31. The van der Waals surface area contributed by atoms with Crippen LogP contribution in [0.1, 0.15) is 6.42 Å². The molecule has 82 valence electrons. The zero-order valence-corrected chi connectivity index (χ0v) is 9.11. The van der Waals surface area contributed by atoms with Crippen LogP contribution in [0.3, 0.4) is 0 Å². The van der Waals surface area contributed by atoms with Gasteiger partial charge in [0.15, 0.2) is 0 Å². The zero-order chi connectivity index (χ0) is 10.8. The van der Waals surface area contributed by atoms with Gasteiger partial charge in [-0.15, -0.1) is 0 Å². The highest BCUT2D eigenvalue weighted by Crippen LogP contribution is 2.18. The summed E-state index contributed by atoms with van der Waals surface area (Å²) in [4.78, 5) is 4.31. The molecule has 1 atom stereocenters. The average molecular weight is 213 g/mol. The van der Waals surface area contributed by atoms with Crippen LogP contribution in [-0.4, -0.2) is 24.1 Å². The highest BCUT2D eigenvalue weighted by molar-refractivity contribution is 5.82. The fourth-order valence-electron chi connectivity index (χ4n) is 2.18. The van der Waals surface area contributed by atoms with Gasteiger partial charge < -0.3 is 10.6 Å². The number of fused-ring (bicyclic) bond motifs is 1. The molecule has 0 bridgehead atoms. The van der Waals surface area contributed by atoms with Crippen LogP contribution in [0, 0.1) is 0 Å². The van der Waals surface area contributed by atoms with Gasteiger partial charge in [-0.2, -0.15) is 0 Å². The summed E-state index contributed by atoms with van der Waals surface area (Å²) in [7, 11) is 0. The van der Waals surface area contributed by atoms with Crippen molar-refractivity contribution in [3.05, 3.63) is 36.5 Å². The predicted octanol–water partition coefficient (Wildman–Crippen LogP) is 2.01. The summed E-state index contributed by atoms with van der Waals surface area (Å²) in [5.41, 5.74) is 2.24. The van der Waals surface area contributed by atoms with Gasteiger partial charge in [0.05, 0.1) is 5.52 Å². The average Bonchev–Trinajstić information content (AvgIpc) is 2.82. The normalized spacial score (nSPS) is 20.1. The van der Waals surface area contributed by atoms with Gasteiger partial charge in [0.25, 0.3) is 0 Å². The summed E-state index contributed by atoms with van der Waals surface area (Å²) >= 11 is 0. The number of anilines is 1. The number of hydrogen-bond donors (Lipinski definition) is 2. The van der Waals surface area contributed by atoms with Crippen LogP contribution in [0.15, 0.2) is 36.5 Å². The molecule has 3 nitrogen and oxygen atoms in total. The van der Waals surface area contributed by atoms with Crippen LogP contribution in [0.2, 0.25) is 0 Å². The highest BCUT2D eigenvalue weighted by atomic mass is 15.0. The van der Waals surface area contributed by atoms with Crippen molar-refractivity contribution < 1.29 is 0 Å². The number of nitrogens with one attached hydrogen (secondary N) is 2. The molecule has 0 radical (unpaired) electrons. The van der Waals surface area contributed by atoms with E-state index in [1.165, 1.54) is 17.5 Å². The molecular formula is C13H15N3. The Morgan fingerprint density at radius 2 is 2.31 bits per heavy atom. The van der Waals surface area contributed by atoms with Gasteiger partial charge >= 0.3 is 0 Å². The van der Waals surface area contributed by atoms with Crippen molar-refractivity contribution in [1.82, 2.24) is 10.3 Å². The Hall–Kier alpha value is -1.61. The van der Waals surface area contributed by atoms with Crippen LogP contribution >= 0.6 is 0 Å². The Bertz CT molecular complexity index is 489. The molecule has 0 spiro atoms. The maximum Gasteiger partial charge on any atom is 0.0703 e. The fraction of sp³-hybridized carbons (Fsp3) is 0.308. The van der Waals surface area contributed by atoms with Gasteiger partial charge in [-0.1, -0.05) is 6.07 Å². The molecule has 1 aliphatic rings. The second kappa shape index (κ2) is 4.10. The Balaban J connectivity index is 1.86. The minimum Gasteiger partial charge on any atom is -0.381 e. The van der Waals surface area contributed by atoms with E-state index >= 15 is 0 Å². The van der Waals surface area contributed by atoms with E-state index in [0.29, 0.717) is 6.04 Å². The molecule has 16 heavy (non-hydrogen) atoms. The lowest BCUT2D eigenvalue weighted by Gasteiger charge is -2.13. The van der Waals surface area contributed by atoms with Crippen molar-refractivity contribution in [3.63, 3.8) is 0 Å².